The van der Waals surface area contributed by atoms with Crippen molar-refractivity contribution in [3.8, 4) is 0 Å². The number of para-hydroxylation sites is 2. The Kier molecular flexibility index (Phi) is 4.03. The lowest BCUT2D eigenvalue weighted by Crippen LogP contribution is -2.13. The first-order valence-electron chi connectivity index (χ1n) is 7.18. The third-order valence-electron chi connectivity index (χ3n) is 3.70. The maximum absolute atomic E-state index is 12.5. The van der Waals surface area contributed by atoms with E-state index in [9.17, 15) is 4.79 Å². The van der Waals surface area contributed by atoms with Gasteiger partial charge in [0.1, 0.15) is 5.58 Å². The van der Waals surface area contributed by atoms with Crippen LogP contribution in [0.2, 0.25) is 0 Å². The zero-order valence-electron chi connectivity index (χ0n) is 12.4. The largest absolute Gasteiger partial charge is 0.450 e. The first kappa shape index (κ1) is 14.9. The SMILES string of the molecule is CCc1cccc(C)c1NC(=O)c1cc2cccc(Br)c2o1. The van der Waals surface area contributed by atoms with Crippen LogP contribution in [0, 0.1) is 6.92 Å². The van der Waals surface area contributed by atoms with Crippen molar-refractivity contribution in [3.63, 3.8) is 0 Å². The number of rotatable bonds is 3. The fraction of sp³-hybridized carbons (Fsp3) is 0.167. The summed E-state index contributed by atoms with van der Waals surface area (Å²) in [6, 6.07) is 13.5. The number of aryl methyl sites for hydroxylation is 2. The highest BCUT2D eigenvalue weighted by atomic mass is 79.9. The first-order chi connectivity index (χ1) is 10.6. The van der Waals surface area contributed by atoms with Gasteiger partial charge in [-0.3, -0.25) is 4.79 Å². The molecule has 0 saturated carbocycles. The van der Waals surface area contributed by atoms with E-state index < -0.39 is 0 Å². The second kappa shape index (κ2) is 5.97. The number of carbonyl (C=O) groups excluding carboxylic acids is 1. The lowest BCUT2D eigenvalue weighted by atomic mass is 10.1. The zero-order chi connectivity index (χ0) is 15.7. The third kappa shape index (κ3) is 2.66. The highest BCUT2D eigenvalue weighted by molar-refractivity contribution is 9.10. The quantitative estimate of drug-likeness (QED) is 0.689. The highest BCUT2D eigenvalue weighted by Crippen LogP contribution is 2.28. The first-order valence-corrected chi connectivity index (χ1v) is 7.97. The number of amides is 1. The maximum Gasteiger partial charge on any atom is 0.291 e. The Hall–Kier alpha value is -2.07. The summed E-state index contributed by atoms with van der Waals surface area (Å²) in [4.78, 5) is 12.5. The average Bonchev–Trinajstić information content (AvgIpc) is 2.95. The van der Waals surface area contributed by atoms with Crippen LogP contribution < -0.4 is 5.32 Å². The summed E-state index contributed by atoms with van der Waals surface area (Å²) >= 11 is 3.44. The van der Waals surface area contributed by atoms with Crippen molar-refractivity contribution in [1.82, 2.24) is 0 Å². The van der Waals surface area contributed by atoms with Crippen LogP contribution in [-0.2, 0) is 6.42 Å². The Morgan fingerprint density at radius 3 is 2.73 bits per heavy atom. The van der Waals surface area contributed by atoms with Gasteiger partial charge in [-0.05, 0) is 52.5 Å². The molecule has 1 aromatic heterocycles. The lowest BCUT2D eigenvalue weighted by Gasteiger charge is -2.11. The Morgan fingerprint density at radius 2 is 2.00 bits per heavy atom. The van der Waals surface area contributed by atoms with E-state index in [4.69, 9.17) is 4.42 Å². The molecule has 0 aliphatic heterocycles. The van der Waals surface area contributed by atoms with Crippen molar-refractivity contribution in [3.05, 3.63) is 63.8 Å². The fourth-order valence-electron chi connectivity index (χ4n) is 2.52. The van der Waals surface area contributed by atoms with Crippen LogP contribution in [0.5, 0.6) is 0 Å². The van der Waals surface area contributed by atoms with Crippen LogP contribution in [0.15, 0.2) is 51.4 Å². The minimum Gasteiger partial charge on any atom is -0.450 e. The normalized spacial score (nSPS) is 10.9. The Morgan fingerprint density at radius 1 is 1.23 bits per heavy atom. The van der Waals surface area contributed by atoms with Gasteiger partial charge in [0.05, 0.1) is 4.47 Å². The van der Waals surface area contributed by atoms with Gasteiger partial charge in [0.25, 0.3) is 5.91 Å². The number of halogens is 1. The van der Waals surface area contributed by atoms with Gasteiger partial charge in [0.15, 0.2) is 5.76 Å². The minimum atomic E-state index is -0.230. The van der Waals surface area contributed by atoms with Gasteiger partial charge in [-0.25, -0.2) is 0 Å². The summed E-state index contributed by atoms with van der Waals surface area (Å²) in [5.41, 5.74) is 3.72. The summed E-state index contributed by atoms with van der Waals surface area (Å²) in [7, 11) is 0. The van der Waals surface area contributed by atoms with Crippen LogP contribution in [-0.4, -0.2) is 5.91 Å². The molecule has 2 aromatic carbocycles. The summed E-state index contributed by atoms with van der Waals surface area (Å²) in [5, 5.41) is 3.88. The molecule has 3 rings (SSSR count). The summed E-state index contributed by atoms with van der Waals surface area (Å²) in [6.45, 7) is 4.06. The van der Waals surface area contributed by atoms with Crippen LogP contribution in [0.4, 0.5) is 5.69 Å². The Labute approximate surface area is 137 Å². The number of nitrogens with one attached hydrogen (secondary N) is 1. The van der Waals surface area contributed by atoms with E-state index in [-0.39, 0.29) is 5.91 Å². The maximum atomic E-state index is 12.5. The van der Waals surface area contributed by atoms with Crippen LogP contribution in [0.25, 0.3) is 11.0 Å². The number of carbonyl (C=O) groups is 1. The molecule has 4 heteroatoms. The molecular formula is C18H16BrNO2. The molecule has 0 aliphatic carbocycles. The predicted octanol–water partition coefficient (Wildman–Crippen LogP) is 5.32. The number of hydrogen-bond acceptors (Lipinski definition) is 2. The number of fused-ring (bicyclic) bond motifs is 1. The van der Waals surface area contributed by atoms with E-state index in [1.165, 1.54) is 0 Å². The van der Waals surface area contributed by atoms with E-state index in [0.29, 0.717) is 11.3 Å². The topological polar surface area (TPSA) is 42.2 Å². The molecule has 0 radical (unpaired) electrons. The van der Waals surface area contributed by atoms with Gasteiger partial charge < -0.3 is 9.73 Å². The molecule has 0 atom stereocenters. The van der Waals surface area contributed by atoms with Gasteiger partial charge in [-0.2, -0.15) is 0 Å². The van der Waals surface area contributed by atoms with E-state index >= 15 is 0 Å². The molecule has 1 amide bonds. The minimum absolute atomic E-state index is 0.230. The standard InChI is InChI=1S/C18H16BrNO2/c1-3-12-7-4-6-11(2)16(12)20-18(21)15-10-13-8-5-9-14(19)17(13)22-15/h4-10H,3H2,1-2H3,(H,20,21). The van der Waals surface area contributed by atoms with Crippen molar-refractivity contribution in [2.24, 2.45) is 0 Å². The molecule has 1 N–H and O–H groups in total. The molecule has 3 nitrogen and oxygen atoms in total. The van der Waals surface area contributed by atoms with E-state index in [0.717, 1.165) is 33.1 Å². The molecule has 0 bridgehead atoms. The summed E-state index contributed by atoms with van der Waals surface area (Å²) in [5.74, 6) is 0.0827. The Balaban J connectivity index is 1.96. The number of hydrogen-bond donors (Lipinski definition) is 1. The molecule has 22 heavy (non-hydrogen) atoms. The monoisotopic (exact) mass is 357 g/mol. The van der Waals surface area contributed by atoms with Gasteiger partial charge in [-0.15, -0.1) is 0 Å². The molecule has 0 fully saturated rings. The third-order valence-corrected chi connectivity index (χ3v) is 4.32. The second-order valence-electron chi connectivity index (χ2n) is 5.19. The van der Waals surface area contributed by atoms with Gasteiger partial charge in [0.2, 0.25) is 0 Å². The summed E-state index contributed by atoms with van der Waals surface area (Å²) < 4.78 is 6.53. The summed E-state index contributed by atoms with van der Waals surface area (Å²) in [6.07, 6.45) is 0.864. The number of anilines is 1. The number of benzene rings is 2. The molecule has 3 aromatic rings. The zero-order valence-corrected chi connectivity index (χ0v) is 14.0. The van der Waals surface area contributed by atoms with Crippen LogP contribution in [0.1, 0.15) is 28.6 Å². The van der Waals surface area contributed by atoms with Crippen molar-refractivity contribution in [2.45, 2.75) is 20.3 Å². The van der Waals surface area contributed by atoms with Crippen LogP contribution in [0.3, 0.4) is 0 Å². The smallest absolute Gasteiger partial charge is 0.291 e. The van der Waals surface area contributed by atoms with E-state index in [1.807, 2.05) is 43.3 Å². The highest BCUT2D eigenvalue weighted by Gasteiger charge is 2.16. The van der Waals surface area contributed by atoms with Crippen LogP contribution >= 0.6 is 15.9 Å². The van der Waals surface area contributed by atoms with Crippen molar-refractivity contribution < 1.29 is 9.21 Å². The van der Waals surface area contributed by atoms with E-state index in [1.54, 1.807) is 6.07 Å². The van der Waals surface area contributed by atoms with Gasteiger partial charge >= 0.3 is 0 Å². The molecule has 0 aliphatic rings. The second-order valence-corrected chi connectivity index (χ2v) is 6.04. The van der Waals surface area contributed by atoms with Crippen molar-refractivity contribution >= 4 is 38.5 Å². The molecule has 112 valence electrons. The molecule has 1 heterocycles. The van der Waals surface area contributed by atoms with Gasteiger partial charge in [0, 0.05) is 11.1 Å². The van der Waals surface area contributed by atoms with Gasteiger partial charge in [-0.1, -0.05) is 37.3 Å². The molecular weight excluding hydrogens is 342 g/mol. The number of furan rings is 1. The molecule has 0 spiro atoms. The molecule has 0 saturated heterocycles. The lowest BCUT2D eigenvalue weighted by molar-refractivity contribution is 0.0998. The predicted molar refractivity (Wildman–Crippen MR) is 92.4 cm³/mol. The Bertz CT molecular complexity index is 851. The molecule has 0 unspecified atom stereocenters. The van der Waals surface area contributed by atoms with E-state index in [2.05, 4.69) is 28.2 Å². The van der Waals surface area contributed by atoms with Crippen molar-refractivity contribution in [1.29, 1.82) is 0 Å². The fourth-order valence-corrected chi connectivity index (χ4v) is 2.98. The van der Waals surface area contributed by atoms with Crippen molar-refractivity contribution in [2.75, 3.05) is 5.32 Å². The average molecular weight is 358 g/mol.